The normalized spacial score (nSPS) is 49.5. The number of piperazine rings is 1. The Balaban J connectivity index is 1.54. The maximum Gasteiger partial charge on any atom is 0.262 e. The molecule has 0 aromatic rings. The van der Waals surface area contributed by atoms with Gasteiger partial charge in [-0.15, -0.1) is 0 Å². The number of hydrogen-bond acceptors (Lipinski definition) is 4. The van der Waals surface area contributed by atoms with Gasteiger partial charge in [0.05, 0.1) is 12.1 Å². The first kappa shape index (κ1) is 13.8. The molecule has 6 heteroatoms. The number of carbonyl (C=O) groups excluding carboxylic acids is 2. The van der Waals surface area contributed by atoms with Crippen LogP contribution in [0.2, 0.25) is 0 Å². The summed E-state index contributed by atoms with van der Waals surface area (Å²) >= 11 is 0. The number of rotatable bonds is 0. The van der Waals surface area contributed by atoms with E-state index in [-0.39, 0.29) is 35.7 Å². The van der Waals surface area contributed by atoms with Crippen LogP contribution >= 0.6 is 21.6 Å². The average molecular weight is 356 g/mol. The molecule has 5 aliphatic heterocycles. The highest BCUT2D eigenvalue weighted by Crippen LogP contribution is 2.69. The van der Waals surface area contributed by atoms with E-state index in [4.69, 9.17) is 0 Å². The summed E-state index contributed by atoms with van der Waals surface area (Å²) in [5.74, 6) is 0.802. The van der Waals surface area contributed by atoms with Gasteiger partial charge in [0.2, 0.25) is 0 Å². The molecule has 2 amide bonds. The maximum absolute atomic E-state index is 13.6. The van der Waals surface area contributed by atoms with Crippen LogP contribution in [-0.4, -0.2) is 43.4 Å². The Labute approximate surface area is 148 Å². The predicted octanol–water partition coefficient (Wildman–Crippen LogP) is 2.47. The Hall–Kier alpha value is -1.40. The fourth-order valence-corrected chi connectivity index (χ4v) is 9.10. The molecular formula is C18H16N2O2S2. The van der Waals surface area contributed by atoms with Crippen LogP contribution in [0.1, 0.15) is 12.8 Å². The van der Waals surface area contributed by atoms with Gasteiger partial charge >= 0.3 is 0 Å². The molecule has 6 atom stereocenters. The molecule has 4 nitrogen and oxygen atoms in total. The van der Waals surface area contributed by atoms with Crippen LogP contribution in [0.4, 0.5) is 0 Å². The largest absolute Gasteiger partial charge is 0.309 e. The number of carbonyl (C=O) groups is 2. The summed E-state index contributed by atoms with van der Waals surface area (Å²) in [6.07, 6.45) is 18.1. The van der Waals surface area contributed by atoms with Crippen molar-refractivity contribution >= 4 is 33.4 Å². The van der Waals surface area contributed by atoms with E-state index in [1.165, 1.54) is 0 Å². The van der Waals surface area contributed by atoms with Crippen LogP contribution in [0, 0.1) is 11.8 Å². The molecule has 0 aromatic heterocycles. The summed E-state index contributed by atoms with van der Waals surface area (Å²) in [5, 5.41) is 0. The van der Waals surface area contributed by atoms with Gasteiger partial charge in [0, 0.05) is 11.8 Å². The molecule has 7 aliphatic rings. The van der Waals surface area contributed by atoms with Crippen molar-refractivity contribution in [2.24, 2.45) is 11.8 Å². The lowest BCUT2D eigenvalue weighted by atomic mass is 9.93. The SMILES string of the molecule is O=C1N2[C@@H]3C=CC=C[C@@H]3C[C@]23SS[C@]12C[C@H]1C=CC=C[C@H]1N2C3=O. The van der Waals surface area contributed by atoms with Crippen molar-refractivity contribution < 1.29 is 9.59 Å². The lowest BCUT2D eigenvalue weighted by Gasteiger charge is -2.58. The quantitative estimate of drug-likeness (QED) is 0.625. The maximum atomic E-state index is 13.6. The lowest BCUT2D eigenvalue weighted by molar-refractivity contribution is -0.164. The second-order valence-electron chi connectivity index (χ2n) is 7.34. The minimum Gasteiger partial charge on any atom is -0.309 e. The molecule has 0 N–H and O–H groups in total. The standard InChI is InChI=1S/C18H16N2O2S2/c21-15-17-9-11-5-1-3-7-13(11)19(17)16(22)18(24-23-17)10-12-6-2-4-8-14(12)20(15)18/h1-8,11-14H,9-10H2/t11-,12-,13-,14-,17-,18-/m1/s1. The number of amides is 2. The molecule has 0 aromatic carbocycles. The number of fused-ring (bicyclic) bond motifs is 3. The predicted molar refractivity (Wildman–Crippen MR) is 94.7 cm³/mol. The van der Waals surface area contributed by atoms with E-state index < -0.39 is 9.74 Å². The van der Waals surface area contributed by atoms with E-state index in [9.17, 15) is 9.59 Å². The zero-order valence-electron chi connectivity index (χ0n) is 12.9. The fourth-order valence-electron chi connectivity index (χ4n) is 5.25. The molecule has 0 saturated carbocycles. The average Bonchev–Trinajstić information content (AvgIpc) is 3.12. The third-order valence-corrected chi connectivity index (χ3v) is 9.87. The molecule has 7 rings (SSSR count). The second kappa shape index (κ2) is 4.22. The highest BCUT2D eigenvalue weighted by atomic mass is 33.1. The number of hydrogen-bond donors (Lipinski definition) is 0. The van der Waals surface area contributed by atoms with Gasteiger partial charge in [-0.3, -0.25) is 9.59 Å². The Kier molecular flexibility index (Phi) is 2.43. The Morgan fingerprint density at radius 3 is 1.62 bits per heavy atom. The monoisotopic (exact) mass is 356 g/mol. The van der Waals surface area contributed by atoms with Gasteiger partial charge < -0.3 is 9.80 Å². The minimum atomic E-state index is -0.720. The van der Waals surface area contributed by atoms with Crippen LogP contribution in [0.5, 0.6) is 0 Å². The van der Waals surface area contributed by atoms with Crippen molar-refractivity contribution in [2.45, 2.75) is 34.7 Å². The van der Waals surface area contributed by atoms with E-state index in [1.807, 2.05) is 34.1 Å². The van der Waals surface area contributed by atoms with Crippen LogP contribution < -0.4 is 0 Å². The molecule has 5 heterocycles. The molecule has 24 heavy (non-hydrogen) atoms. The zero-order chi connectivity index (χ0) is 16.1. The summed E-state index contributed by atoms with van der Waals surface area (Å²) in [6, 6.07) is 0.0696. The van der Waals surface area contributed by atoms with Gasteiger partial charge in [-0.05, 0) is 12.8 Å². The minimum absolute atomic E-state index is 0.0348. The first-order valence-corrected chi connectivity index (χ1v) is 10.6. The van der Waals surface area contributed by atoms with E-state index in [0.29, 0.717) is 0 Å². The summed E-state index contributed by atoms with van der Waals surface area (Å²) in [5.41, 5.74) is 0. The Bertz CT molecular complexity index is 737. The topological polar surface area (TPSA) is 40.6 Å². The summed E-state index contributed by atoms with van der Waals surface area (Å²) in [4.78, 5) is 29.6. The highest BCUT2D eigenvalue weighted by Gasteiger charge is 2.76. The molecular weight excluding hydrogens is 340 g/mol. The molecule has 0 radical (unpaired) electrons. The van der Waals surface area contributed by atoms with Crippen molar-refractivity contribution in [1.82, 2.24) is 9.80 Å². The molecule has 2 bridgehead atoms. The number of nitrogens with zero attached hydrogens (tertiary/aromatic N) is 2. The van der Waals surface area contributed by atoms with E-state index in [2.05, 4.69) is 24.3 Å². The van der Waals surface area contributed by atoms with Crippen molar-refractivity contribution in [3.8, 4) is 0 Å². The summed E-state index contributed by atoms with van der Waals surface area (Å²) in [7, 11) is 3.27. The van der Waals surface area contributed by atoms with E-state index in [0.717, 1.165) is 12.8 Å². The van der Waals surface area contributed by atoms with Crippen LogP contribution in [0.15, 0.2) is 48.6 Å². The molecule has 2 spiro atoms. The first-order chi connectivity index (χ1) is 11.7. The van der Waals surface area contributed by atoms with Gasteiger partial charge in [-0.1, -0.05) is 70.2 Å². The van der Waals surface area contributed by atoms with Gasteiger partial charge in [0.1, 0.15) is 0 Å². The van der Waals surface area contributed by atoms with E-state index in [1.54, 1.807) is 21.6 Å². The van der Waals surface area contributed by atoms with Gasteiger partial charge in [0.15, 0.2) is 9.74 Å². The molecule has 2 aliphatic carbocycles. The Morgan fingerprint density at radius 2 is 1.17 bits per heavy atom. The van der Waals surface area contributed by atoms with Crippen molar-refractivity contribution in [3.05, 3.63) is 48.6 Å². The molecule has 5 fully saturated rings. The fraction of sp³-hybridized carbons (Fsp3) is 0.444. The van der Waals surface area contributed by atoms with Crippen molar-refractivity contribution in [1.29, 1.82) is 0 Å². The van der Waals surface area contributed by atoms with Crippen molar-refractivity contribution in [3.63, 3.8) is 0 Å². The summed E-state index contributed by atoms with van der Waals surface area (Å²) in [6.45, 7) is 0. The number of allylic oxidation sites excluding steroid dienone is 4. The third kappa shape index (κ3) is 1.31. The van der Waals surface area contributed by atoms with Crippen LogP contribution in [-0.2, 0) is 9.59 Å². The van der Waals surface area contributed by atoms with E-state index >= 15 is 0 Å². The van der Waals surface area contributed by atoms with Gasteiger partial charge in [-0.2, -0.15) is 0 Å². The molecule has 0 unspecified atom stereocenters. The second-order valence-corrected chi connectivity index (χ2v) is 10.0. The van der Waals surface area contributed by atoms with Crippen LogP contribution in [0.3, 0.4) is 0 Å². The lowest BCUT2D eigenvalue weighted by Crippen LogP contribution is -2.75. The molecule has 122 valence electrons. The third-order valence-electron chi connectivity index (χ3n) is 6.26. The smallest absolute Gasteiger partial charge is 0.262 e. The zero-order valence-corrected chi connectivity index (χ0v) is 14.5. The van der Waals surface area contributed by atoms with Crippen LogP contribution in [0.25, 0.3) is 0 Å². The van der Waals surface area contributed by atoms with Gasteiger partial charge in [-0.25, -0.2) is 0 Å². The Morgan fingerprint density at radius 1 is 0.750 bits per heavy atom. The highest BCUT2D eigenvalue weighted by molar-refractivity contribution is 8.78. The molecule has 5 saturated heterocycles. The van der Waals surface area contributed by atoms with Crippen molar-refractivity contribution in [2.75, 3.05) is 0 Å². The van der Waals surface area contributed by atoms with Gasteiger partial charge in [0.25, 0.3) is 11.8 Å². The first-order valence-electron chi connectivity index (χ1n) is 8.42. The summed E-state index contributed by atoms with van der Waals surface area (Å²) < 4.78 is 0.